The molecule has 23 heavy (non-hydrogen) atoms. The van der Waals surface area contributed by atoms with Gasteiger partial charge in [0.1, 0.15) is 0 Å². The maximum Gasteiger partial charge on any atom is 0.330 e. The van der Waals surface area contributed by atoms with E-state index in [1.54, 1.807) is 39.9 Å². The van der Waals surface area contributed by atoms with E-state index in [1.165, 1.54) is 0 Å². The van der Waals surface area contributed by atoms with E-state index in [0.29, 0.717) is 11.5 Å². The van der Waals surface area contributed by atoms with E-state index >= 15 is 0 Å². The number of carbonyl (C=O) groups is 1. The molecule has 5 heteroatoms. The van der Waals surface area contributed by atoms with Crippen LogP contribution in [0.2, 0.25) is 0 Å². The Morgan fingerprint density at radius 2 is 1.83 bits per heavy atom. The Balaban J connectivity index is 2.19. The number of hydrogen-bond donors (Lipinski definition) is 1. The maximum atomic E-state index is 12.6. The first-order valence-electron chi connectivity index (χ1n) is 7.96. The van der Waals surface area contributed by atoms with Crippen LogP contribution in [-0.4, -0.2) is 33.4 Å². The SMILES string of the molecule is Cc1c[nH]c(=O)n1-c1ccc(C(=O)N(C)C(C)CC(C)C)cc1. The molecule has 124 valence electrons. The molecule has 2 aromatic rings. The molecule has 0 aliphatic carbocycles. The third-order valence-corrected chi connectivity index (χ3v) is 4.13. The van der Waals surface area contributed by atoms with Crippen molar-refractivity contribution in [2.45, 2.75) is 40.2 Å². The summed E-state index contributed by atoms with van der Waals surface area (Å²) in [6.07, 6.45) is 2.64. The van der Waals surface area contributed by atoms with Crippen LogP contribution in [0.5, 0.6) is 0 Å². The third-order valence-electron chi connectivity index (χ3n) is 4.13. The molecule has 0 spiro atoms. The minimum Gasteiger partial charge on any atom is -0.339 e. The van der Waals surface area contributed by atoms with Crippen LogP contribution in [0.1, 0.15) is 43.2 Å². The van der Waals surface area contributed by atoms with Crippen LogP contribution >= 0.6 is 0 Å². The highest BCUT2D eigenvalue weighted by Crippen LogP contribution is 2.15. The lowest BCUT2D eigenvalue weighted by molar-refractivity contribution is 0.0728. The molecule has 2 rings (SSSR count). The van der Waals surface area contributed by atoms with Gasteiger partial charge in [0.25, 0.3) is 5.91 Å². The van der Waals surface area contributed by atoms with Crippen LogP contribution in [0.3, 0.4) is 0 Å². The number of imidazole rings is 1. The summed E-state index contributed by atoms with van der Waals surface area (Å²) >= 11 is 0. The Kier molecular flexibility index (Phi) is 5.08. The molecule has 1 N–H and O–H groups in total. The summed E-state index contributed by atoms with van der Waals surface area (Å²) in [7, 11) is 1.84. The number of nitrogens with zero attached hydrogens (tertiary/aromatic N) is 2. The Bertz CT molecular complexity index is 725. The van der Waals surface area contributed by atoms with E-state index in [1.807, 2.05) is 14.0 Å². The highest BCUT2D eigenvalue weighted by atomic mass is 16.2. The number of hydrogen-bond acceptors (Lipinski definition) is 2. The quantitative estimate of drug-likeness (QED) is 0.922. The molecule has 0 saturated heterocycles. The lowest BCUT2D eigenvalue weighted by Crippen LogP contribution is -2.35. The molecule has 0 bridgehead atoms. The van der Waals surface area contributed by atoms with Crippen LogP contribution in [0, 0.1) is 12.8 Å². The highest BCUT2D eigenvalue weighted by molar-refractivity contribution is 5.94. The van der Waals surface area contributed by atoms with Crippen molar-refractivity contribution >= 4 is 5.91 Å². The normalized spacial score (nSPS) is 12.4. The van der Waals surface area contributed by atoms with Gasteiger partial charge in [0, 0.05) is 30.5 Å². The summed E-state index contributed by atoms with van der Waals surface area (Å²) in [6.45, 7) is 8.23. The van der Waals surface area contributed by atoms with Gasteiger partial charge in [-0.15, -0.1) is 0 Å². The molecule has 1 heterocycles. The number of benzene rings is 1. The Hall–Kier alpha value is -2.30. The number of amides is 1. The van der Waals surface area contributed by atoms with Crippen LogP contribution in [0.15, 0.2) is 35.3 Å². The molecule has 1 aromatic heterocycles. The van der Waals surface area contributed by atoms with Crippen LogP contribution in [0.4, 0.5) is 0 Å². The smallest absolute Gasteiger partial charge is 0.330 e. The first-order chi connectivity index (χ1) is 10.8. The molecule has 1 amide bonds. The summed E-state index contributed by atoms with van der Waals surface area (Å²) < 4.78 is 1.58. The molecule has 0 saturated carbocycles. The van der Waals surface area contributed by atoms with Gasteiger partial charge >= 0.3 is 5.69 Å². The Morgan fingerprint density at radius 1 is 1.22 bits per heavy atom. The first-order valence-corrected chi connectivity index (χ1v) is 7.96. The average Bonchev–Trinajstić information content (AvgIpc) is 2.84. The van der Waals surface area contributed by atoms with Crippen molar-refractivity contribution in [1.29, 1.82) is 0 Å². The predicted molar refractivity (Wildman–Crippen MR) is 92.1 cm³/mol. The van der Waals surface area contributed by atoms with Gasteiger partial charge in [0.2, 0.25) is 0 Å². The number of H-pyrrole nitrogens is 1. The summed E-state index contributed by atoms with van der Waals surface area (Å²) in [5.74, 6) is 0.550. The van der Waals surface area contributed by atoms with Gasteiger partial charge < -0.3 is 9.88 Å². The number of rotatable bonds is 5. The molecule has 1 unspecified atom stereocenters. The van der Waals surface area contributed by atoms with Gasteiger partial charge in [-0.3, -0.25) is 9.36 Å². The topological polar surface area (TPSA) is 58.1 Å². The van der Waals surface area contributed by atoms with E-state index in [-0.39, 0.29) is 17.6 Å². The zero-order valence-electron chi connectivity index (χ0n) is 14.5. The van der Waals surface area contributed by atoms with Gasteiger partial charge in [0.15, 0.2) is 0 Å². The third kappa shape index (κ3) is 3.73. The average molecular weight is 315 g/mol. The van der Waals surface area contributed by atoms with Gasteiger partial charge in [-0.2, -0.15) is 0 Å². The number of nitrogens with one attached hydrogen (secondary N) is 1. The molecule has 1 aromatic carbocycles. The van der Waals surface area contributed by atoms with Gasteiger partial charge in [-0.25, -0.2) is 4.79 Å². The molecule has 0 aliphatic heterocycles. The lowest BCUT2D eigenvalue weighted by atomic mass is 10.0. The fourth-order valence-electron chi connectivity index (χ4n) is 2.77. The Morgan fingerprint density at radius 3 is 2.30 bits per heavy atom. The number of carbonyl (C=O) groups excluding carboxylic acids is 1. The monoisotopic (exact) mass is 315 g/mol. The molecule has 0 fully saturated rings. The van der Waals surface area contributed by atoms with Crippen LogP contribution < -0.4 is 5.69 Å². The van der Waals surface area contributed by atoms with Crippen molar-refractivity contribution in [3.63, 3.8) is 0 Å². The van der Waals surface area contributed by atoms with E-state index in [4.69, 9.17) is 0 Å². The van der Waals surface area contributed by atoms with Crippen molar-refractivity contribution in [2.24, 2.45) is 5.92 Å². The van der Waals surface area contributed by atoms with E-state index in [9.17, 15) is 9.59 Å². The van der Waals surface area contributed by atoms with E-state index in [2.05, 4.69) is 25.8 Å². The fourth-order valence-corrected chi connectivity index (χ4v) is 2.77. The number of aryl methyl sites for hydroxylation is 1. The van der Waals surface area contributed by atoms with E-state index in [0.717, 1.165) is 17.8 Å². The van der Waals surface area contributed by atoms with Crippen molar-refractivity contribution < 1.29 is 4.79 Å². The Labute approximate surface area is 136 Å². The summed E-state index contributed by atoms with van der Waals surface area (Å²) in [5.41, 5.74) is 2.04. The number of aromatic amines is 1. The van der Waals surface area contributed by atoms with Crippen LogP contribution in [0.25, 0.3) is 5.69 Å². The summed E-state index contributed by atoms with van der Waals surface area (Å²) in [4.78, 5) is 28.8. The van der Waals surface area contributed by atoms with Gasteiger partial charge in [0.05, 0.1) is 5.69 Å². The zero-order chi connectivity index (χ0) is 17.1. The largest absolute Gasteiger partial charge is 0.339 e. The van der Waals surface area contributed by atoms with E-state index < -0.39 is 0 Å². The van der Waals surface area contributed by atoms with Crippen LogP contribution in [-0.2, 0) is 0 Å². The predicted octanol–water partition coefficient (Wildman–Crippen LogP) is 2.98. The van der Waals surface area contributed by atoms with Crippen molar-refractivity contribution in [3.05, 3.63) is 52.2 Å². The first kappa shape index (κ1) is 17.1. The second-order valence-corrected chi connectivity index (χ2v) is 6.51. The maximum absolute atomic E-state index is 12.6. The molecular formula is C18H25N3O2. The second-order valence-electron chi connectivity index (χ2n) is 6.51. The minimum atomic E-state index is -0.177. The van der Waals surface area contributed by atoms with Gasteiger partial charge in [-0.05, 0) is 50.5 Å². The fraction of sp³-hybridized carbons (Fsp3) is 0.444. The van der Waals surface area contributed by atoms with Crippen molar-refractivity contribution in [2.75, 3.05) is 7.05 Å². The zero-order valence-corrected chi connectivity index (χ0v) is 14.5. The highest BCUT2D eigenvalue weighted by Gasteiger charge is 2.18. The van der Waals surface area contributed by atoms with Crippen molar-refractivity contribution in [3.8, 4) is 5.69 Å². The lowest BCUT2D eigenvalue weighted by Gasteiger charge is -2.26. The van der Waals surface area contributed by atoms with Crippen molar-refractivity contribution in [1.82, 2.24) is 14.5 Å². The number of aromatic nitrogens is 2. The molecule has 5 nitrogen and oxygen atoms in total. The summed E-state index contributed by atoms with van der Waals surface area (Å²) in [6, 6.07) is 7.34. The molecule has 1 atom stereocenters. The molecular weight excluding hydrogens is 290 g/mol. The minimum absolute atomic E-state index is 0.00263. The molecule has 0 aliphatic rings. The summed E-state index contributed by atoms with van der Waals surface area (Å²) in [5, 5.41) is 0. The molecule has 0 radical (unpaired) electrons. The standard InChI is InChI=1S/C18H25N3O2/c1-12(2)10-13(3)20(5)17(22)15-6-8-16(9-7-15)21-14(4)11-19-18(21)23/h6-9,11-13H,10H2,1-5H3,(H,19,23). The van der Waals surface area contributed by atoms with Gasteiger partial charge in [-0.1, -0.05) is 13.8 Å². The second kappa shape index (κ2) is 6.86.